The summed E-state index contributed by atoms with van der Waals surface area (Å²) in [6, 6.07) is 20.4. The van der Waals surface area contributed by atoms with Crippen molar-refractivity contribution in [2.45, 2.75) is 12.5 Å². The maximum atomic E-state index is 12.6. The molecule has 2 heterocycles. The van der Waals surface area contributed by atoms with E-state index < -0.39 is 6.04 Å². The number of fused-ring (bicyclic) bond motifs is 2. The predicted octanol–water partition coefficient (Wildman–Crippen LogP) is 4.78. The summed E-state index contributed by atoms with van der Waals surface area (Å²) in [4.78, 5) is 28.5. The van der Waals surface area contributed by atoms with Crippen LogP contribution in [0, 0.1) is 0 Å². The van der Waals surface area contributed by atoms with E-state index in [1.54, 1.807) is 18.2 Å². The van der Waals surface area contributed by atoms with Crippen molar-refractivity contribution in [1.82, 2.24) is 10.3 Å². The van der Waals surface area contributed by atoms with E-state index in [9.17, 15) is 9.59 Å². The van der Waals surface area contributed by atoms with Crippen LogP contribution in [0.2, 0.25) is 5.02 Å². The topological polar surface area (TPSA) is 74.0 Å². The number of hydrogen-bond acceptors (Lipinski definition) is 2. The number of rotatable bonds is 3. The Kier molecular flexibility index (Phi) is 4.52. The number of aromatic amines is 1. The third kappa shape index (κ3) is 3.33. The molecule has 1 aliphatic heterocycles. The summed E-state index contributed by atoms with van der Waals surface area (Å²) in [5.74, 6) is -0.559. The minimum atomic E-state index is -0.664. The molecule has 2 amide bonds. The van der Waals surface area contributed by atoms with E-state index in [0.29, 0.717) is 22.7 Å². The van der Waals surface area contributed by atoms with Gasteiger partial charge in [0.15, 0.2) is 0 Å². The van der Waals surface area contributed by atoms with Gasteiger partial charge in [0.05, 0.1) is 11.3 Å². The molecule has 1 unspecified atom stereocenters. The molecule has 5 nitrogen and oxygen atoms in total. The Hall–Kier alpha value is -3.57. The second kappa shape index (κ2) is 7.35. The monoisotopic (exact) mass is 415 g/mol. The second-order valence-corrected chi connectivity index (χ2v) is 7.79. The highest BCUT2D eigenvalue weighted by atomic mass is 35.5. The van der Waals surface area contributed by atoms with Gasteiger partial charge in [-0.1, -0.05) is 54.1 Å². The summed E-state index contributed by atoms with van der Waals surface area (Å²) in [5, 5.41) is 7.24. The van der Waals surface area contributed by atoms with E-state index in [1.165, 1.54) is 0 Å². The maximum absolute atomic E-state index is 12.6. The zero-order chi connectivity index (χ0) is 20.7. The number of hydrogen-bond donors (Lipinski definition) is 3. The molecule has 5 rings (SSSR count). The summed E-state index contributed by atoms with van der Waals surface area (Å²) < 4.78 is 0. The fourth-order valence-corrected chi connectivity index (χ4v) is 4.02. The first-order valence-electron chi connectivity index (χ1n) is 9.65. The largest absolute Gasteiger partial charge is 0.361 e. The molecule has 6 heteroatoms. The maximum Gasteiger partial charge on any atom is 0.254 e. The van der Waals surface area contributed by atoms with Crippen molar-refractivity contribution in [3.05, 3.63) is 89.1 Å². The van der Waals surface area contributed by atoms with Crippen LogP contribution in [0.25, 0.3) is 22.0 Å². The molecule has 0 saturated heterocycles. The van der Waals surface area contributed by atoms with E-state index in [4.69, 9.17) is 11.6 Å². The quantitative estimate of drug-likeness (QED) is 0.450. The van der Waals surface area contributed by atoms with Crippen molar-refractivity contribution >= 4 is 40.0 Å². The molecular weight excluding hydrogens is 398 g/mol. The predicted molar refractivity (Wildman–Crippen MR) is 119 cm³/mol. The number of para-hydroxylation sites is 1. The van der Waals surface area contributed by atoms with E-state index in [-0.39, 0.29) is 11.8 Å². The van der Waals surface area contributed by atoms with Gasteiger partial charge in [-0.3, -0.25) is 9.59 Å². The smallest absolute Gasteiger partial charge is 0.254 e. The van der Waals surface area contributed by atoms with E-state index in [1.807, 2.05) is 48.7 Å². The van der Waals surface area contributed by atoms with Crippen molar-refractivity contribution in [3.8, 4) is 11.1 Å². The molecule has 0 aliphatic carbocycles. The van der Waals surface area contributed by atoms with Gasteiger partial charge in [0.2, 0.25) is 5.91 Å². The van der Waals surface area contributed by atoms with E-state index >= 15 is 0 Å². The van der Waals surface area contributed by atoms with Crippen LogP contribution >= 0.6 is 11.6 Å². The minimum absolute atomic E-state index is 0.245. The molecule has 1 atom stereocenters. The summed E-state index contributed by atoms with van der Waals surface area (Å²) in [7, 11) is 0. The summed E-state index contributed by atoms with van der Waals surface area (Å²) in [6.07, 6.45) is 2.40. The normalized spacial score (nSPS) is 16.0. The van der Waals surface area contributed by atoms with Gasteiger partial charge in [-0.2, -0.15) is 0 Å². The zero-order valence-corrected chi connectivity index (χ0v) is 16.7. The molecule has 3 N–H and O–H groups in total. The highest BCUT2D eigenvalue weighted by molar-refractivity contribution is 6.31. The molecule has 0 radical (unpaired) electrons. The zero-order valence-electron chi connectivity index (χ0n) is 15.9. The summed E-state index contributed by atoms with van der Waals surface area (Å²) in [5.41, 5.74) is 5.11. The molecule has 3 aromatic carbocycles. The Morgan fingerprint density at radius 3 is 2.53 bits per heavy atom. The van der Waals surface area contributed by atoms with Crippen LogP contribution in [0.5, 0.6) is 0 Å². The number of carbonyl (C=O) groups is 2. The van der Waals surface area contributed by atoms with Gasteiger partial charge in [-0.25, -0.2) is 0 Å². The highest BCUT2D eigenvalue weighted by Gasteiger charge is 2.28. The number of anilines is 1. The van der Waals surface area contributed by atoms with Crippen LogP contribution in [0.4, 0.5) is 5.69 Å². The standard InChI is InChI=1S/C24H18ClN3O2/c25-16-9-10-21-18(12-16)23(29)28-22(24(30)27-21)11-14-5-7-15(8-6-14)19-13-26-20-4-2-1-3-17(19)20/h1-10,12-13,22,26H,11H2,(H,27,30)(H,28,29). The third-order valence-electron chi connectivity index (χ3n) is 5.40. The molecule has 30 heavy (non-hydrogen) atoms. The number of H-pyrrole nitrogens is 1. The average molecular weight is 416 g/mol. The fraction of sp³-hybridized carbons (Fsp3) is 0.0833. The summed E-state index contributed by atoms with van der Waals surface area (Å²) >= 11 is 6.00. The lowest BCUT2D eigenvalue weighted by atomic mass is 10.00. The summed E-state index contributed by atoms with van der Waals surface area (Å²) in [6.45, 7) is 0. The third-order valence-corrected chi connectivity index (χ3v) is 5.64. The van der Waals surface area contributed by atoms with Crippen molar-refractivity contribution in [2.24, 2.45) is 0 Å². The lowest BCUT2D eigenvalue weighted by Crippen LogP contribution is -2.42. The van der Waals surface area contributed by atoms with E-state index in [0.717, 1.165) is 27.6 Å². The fourth-order valence-electron chi connectivity index (χ4n) is 3.84. The van der Waals surface area contributed by atoms with Gasteiger partial charge in [-0.05, 0) is 35.4 Å². The van der Waals surface area contributed by atoms with Crippen LogP contribution in [-0.4, -0.2) is 22.8 Å². The Balaban J connectivity index is 1.37. The second-order valence-electron chi connectivity index (χ2n) is 7.35. The SMILES string of the molecule is O=C1NC(Cc2ccc(-c3c[nH]c4ccccc34)cc2)C(=O)Nc2ccc(Cl)cc21. The van der Waals surface area contributed by atoms with Crippen molar-refractivity contribution < 1.29 is 9.59 Å². The molecule has 4 aromatic rings. The van der Waals surface area contributed by atoms with Crippen LogP contribution < -0.4 is 10.6 Å². The number of carbonyl (C=O) groups excluding carboxylic acids is 2. The highest BCUT2D eigenvalue weighted by Crippen LogP contribution is 2.29. The van der Waals surface area contributed by atoms with Crippen LogP contribution in [-0.2, 0) is 11.2 Å². The van der Waals surface area contributed by atoms with Gasteiger partial charge >= 0.3 is 0 Å². The van der Waals surface area contributed by atoms with Crippen LogP contribution in [0.15, 0.2) is 72.9 Å². The minimum Gasteiger partial charge on any atom is -0.361 e. The van der Waals surface area contributed by atoms with Gasteiger partial charge < -0.3 is 15.6 Å². The number of aromatic nitrogens is 1. The molecule has 0 spiro atoms. The Morgan fingerprint density at radius 2 is 1.70 bits per heavy atom. The average Bonchev–Trinajstić information content (AvgIpc) is 3.14. The molecule has 1 aromatic heterocycles. The number of halogens is 1. The number of benzene rings is 3. The lowest BCUT2D eigenvalue weighted by molar-refractivity contribution is -0.117. The molecule has 148 valence electrons. The first kappa shape index (κ1) is 18.5. The molecular formula is C24H18ClN3O2. The van der Waals surface area contributed by atoms with Gasteiger partial charge in [0.1, 0.15) is 6.04 Å². The van der Waals surface area contributed by atoms with Gasteiger partial charge in [-0.15, -0.1) is 0 Å². The number of nitrogens with one attached hydrogen (secondary N) is 3. The van der Waals surface area contributed by atoms with Crippen molar-refractivity contribution in [3.63, 3.8) is 0 Å². The van der Waals surface area contributed by atoms with Crippen LogP contribution in [0.1, 0.15) is 15.9 Å². The lowest BCUT2D eigenvalue weighted by Gasteiger charge is -2.15. The van der Waals surface area contributed by atoms with E-state index in [2.05, 4.69) is 21.7 Å². The first-order chi connectivity index (χ1) is 14.6. The molecule has 0 fully saturated rings. The Labute approximate surface area is 178 Å². The molecule has 0 saturated carbocycles. The van der Waals surface area contributed by atoms with Crippen molar-refractivity contribution in [1.29, 1.82) is 0 Å². The Morgan fingerprint density at radius 1 is 0.900 bits per heavy atom. The first-order valence-corrected chi connectivity index (χ1v) is 10.0. The van der Waals surface area contributed by atoms with Crippen LogP contribution in [0.3, 0.4) is 0 Å². The molecule has 0 bridgehead atoms. The molecule has 1 aliphatic rings. The van der Waals surface area contributed by atoms with Crippen molar-refractivity contribution in [2.75, 3.05) is 5.32 Å². The van der Waals surface area contributed by atoms with Gasteiger partial charge in [0, 0.05) is 34.1 Å². The number of amides is 2. The Bertz CT molecular complexity index is 1280. The van der Waals surface area contributed by atoms with Gasteiger partial charge in [0.25, 0.3) is 5.91 Å².